The molecule has 2 aliphatic rings. The Bertz CT molecular complexity index is 1210. The molecule has 2 atom stereocenters. The van der Waals surface area contributed by atoms with Crippen molar-refractivity contribution in [1.29, 1.82) is 0 Å². The zero-order valence-electron chi connectivity index (χ0n) is 18.7. The van der Waals surface area contributed by atoms with Crippen LogP contribution >= 0.6 is 11.6 Å². The van der Waals surface area contributed by atoms with Crippen molar-refractivity contribution in [1.82, 2.24) is 5.01 Å². The lowest BCUT2D eigenvalue weighted by molar-refractivity contribution is -0.0204. The number of ether oxygens (including phenoxy) is 4. The molecule has 0 amide bonds. The van der Waals surface area contributed by atoms with Crippen molar-refractivity contribution in [2.24, 2.45) is 5.10 Å². The van der Waals surface area contributed by atoms with Crippen molar-refractivity contribution < 1.29 is 18.9 Å². The van der Waals surface area contributed by atoms with Gasteiger partial charge >= 0.3 is 0 Å². The minimum atomic E-state index is -0.467. The number of para-hydroxylation sites is 1. The van der Waals surface area contributed by atoms with E-state index in [1.165, 1.54) is 0 Å². The van der Waals surface area contributed by atoms with E-state index < -0.39 is 6.23 Å². The van der Waals surface area contributed by atoms with Crippen molar-refractivity contribution in [2.45, 2.75) is 25.6 Å². The molecular weight excluding hydrogens is 440 g/mol. The summed E-state index contributed by atoms with van der Waals surface area (Å²) in [5.41, 5.74) is 3.86. The summed E-state index contributed by atoms with van der Waals surface area (Å²) in [5, 5.41) is 7.60. The number of rotatable bonds is 6. The first-order valence-electron chi connectivity index (χ1n) is 10.9. The smallest absolute Gasteiger partial charge is 0.217 e. The van der Waals surface area contributed by atoms with Crippen LogP contribution in [0, 0.1) is 0 Å². The van der Waals surface area contributed by atoms with Crippen LogP contribution in [0.3, 0.4) is 0 Å². The van der Waals surface area contributed by atoms with E-state index in [4.69, 9.17) is 35.6 Å². The maximum absolute atomic E-state index is 6.47. The Hall–Kier alpha value is -3.38. The van der Waals surface area contributed by atoms with Gasteiger partial charge in [-0.1, -0.05) is 29.8 Å². The number of halogens is 1. The van der Waals surface area contributed by atoms with Crippen LogP contribution in [0.1, 0.15) is 42.3 Å². The molecule has 0 saturated heterocycles. The summed E-state index contributed by atoms with van der Waals surface area (Å²) in [6.45, 7) is 2.50. The Morgan fingerprint density at radius 3 is 2.58 bits per heavy atom. The van der Waals surface area contributed by atoms with Crippen LogP contribution in [0.25, 0.3) is 0 Å². The summed E-state index contributed by atoms with van der Waals surface area (Å²) in [4.78, 5) is 0. The van der Waals surface area contributed by atoms with Gasteiger partial charge in [0.25, 0.3) is 0 Å². The Labute approximate surface area is 198 Å². The molecule has 2 unspecified atom stereocenters. The predicted octanol–water partition coefficient (Wildman–Crippen LogP) is 6.00. The number of nitrogens with zero attached hydrogens (tertiary/aromatic N) is 2. The molecule has 3 aromatic rings. The molecule has 0 radical (unpaired) electrons. The molecule has 170 valence electrons. The first kappa shape index (κ1) is 21.5. The van der Waals surface area contributed by atoms with Gasteiger partial charge in [-0.25, -0.2) is 5.01 Å². The Morgan fingerprint density at radius 2 is 1.82 bits per heavy atom. The Morgan fingerprint density at radius 1 is 1.00 bits per heavy atom. The molecule has 7 heteroatoms. The van der Waals surface area contributed by atoms with Gasteiger partial charge in [0.1, 0.15) is 23.0 Å². The number of hydrazone groups is 1. The van der Waals surface area contributed by atoms with Crippen LogP contribution in [-0.4, -0.2) is 31.5 Å². The topological polar surface area (TPSA) is 52.5 Å². The first-order valence-corrected chi connectivity index (χ1v) is 11.3. The zero-order valence-corrected chi connectivity index (χ0v) is 19.5. The summed E-state index contributed by atoms with van der Waals surface area (Å²) >= 11 is 6.47. The predicted molar refractivity (Wildman–Crippen MR) is 128 cm³/mol. The number of hydrogen-bond acceptors (Lipinski definition) is 6. The van der Waals surface area contributed by atoms with Crippen LogP contribution < -0.4 is 18.9 Å². The minimum Gasteiger partial charge on any atom is -0.497 e. The molecular formula is C26H25ClN2O4. The number of fused-ring (bicyclic) bond motifs is 3. The van der Waals surface area contributed by atoms with Crippen LogP contribution in [0.15, 0.2) is 65.8 Å². The van der Waals surface area contributed by atoms with Crippen LogP contribution in [-0.2, 0) is 0 Å². The van der Waals surface area contributed by atoms with Gasteiger partial charge in [-0.2, -0.15) is 5.10 Å². The molecule has 0 aromatic heterocycles. The molecule has 0 aliphatic carbocycles. The molecule has 2 heterocycles. The van der Waals surface area contributed by atoms with Gasteiger partial charge in [-0.15, -0.1) is 0 Å². The maximum atomic E-state index is 6.47. The molecule has 5 rings (SSSR count). The SMILES string of the molecule is CCOc1ccc(C2=NN3C(C2)c2ccccc2OC3c2cc(OC)ccc2OC)cc1Cl. The van der Waals surface area contributed by atoms with E-state index in [1.54, 1.807) is 14.2 Å². The van der Waals surface area contributed by atoms with Gasteiger partial charge in [-0.3, -0.25) is 0 Å². The van der Waals surface area contributed by atoms with Crippen LogP contribution in [0.5, 0.6) is 23.0 Å². The van der Waals surface area contributed by atoms with Gasteiger partial charge in [0, 0.05) is 12.0 Å². The van der Waals surface area contributed by atoms with Crippen molar-refractivity contribution in [3.05, 3.63) is 82.4 Å². The Balaban J connectivity index is 1.58. The van der Waals surface area contributed by atoms with E-state index in [0.29, 0.717) is 23.1 Å². The summed E-state index contributed by atoms with van der Waals surface area (Å²) in [5.74, 6) is 2.96. The highest BCUT2D eigenvalue weighted by molar-refractivity contribution is 6.32. The van der Waals surface area contributed by atoms with Crippen LogP contribution in [0.4, 0.5) is 0 Å². The average Bonchev–Trinajstić information content (AvgIpc) is 3.30. The number of hydrogen-bond donors (Lipinski definition) is 0. The van der Waals surface area contributed by atoms with Gasteiger partial charge in [-0.05, 0) is 55.0 Å². The van der Waals surface area contributed by atoms with Crippen molar-refractivity contribution in [3.8, 4) is 23.0 Å². The highest BCUT2D eigenvalue weighted by Crippen LogP contribution is 2.49. The minimum absolute atomic E-state index is 0.0243. The molecule has 0 N–H and O–H groups in total. The normalized spacial score (nSPS) is 18.7. The molecule has 3 aromatic carbocycles. The third-order valence-corrected chi connectivity index (χ3v) is 6.26. The van der Waals surface area contributed by atoms with Crippen molar-refractivity contribution in [3.63, 3.8) is 0 Å². The summed E-state index contributed by atoms with van der Waals surface area (Å²) in [7, 11) is 3.30. The van der Waals surface area contributed by atoms with E-state index >= 15 is 0 Å². The van der Waals surface area contributed by atoms with E-state index in [0.717, 1.165) is 40.3 Å². The van der Waals surface area contributed by atoms with Gasteiger partial charge in [0.15, 0.2) is 0 Å². The third-order valence-electron chi connectivity index (χ3n) is 5.97. The van der Waals surface area contributed by atoms with Crippen LogP contribution in [0.2, 0.25) is 5.02 Å². The molecule has 0 saturated carbocycles. The fraction of sp³-hybridized carbons (Fsp3) is 0.269. The molecule has 0 fully saturated rings. The lowest BCUT2D eigenvalue weighted by atomic mass is 9.95. The standard InChI is InChI=1S/C26H25ClN2O4/c1-4-32-25-11-9-16(13-20(25)27)21-15-22-18-7-5-6-8-24(18)33-26(29(22)28-21)19-14-17(30-2)10-12-23(19)31-3/h5-14,22,26H,4,15H2,1-3H3. The number of benzene rings is 3. The highest BCUT2D eigenvalue weighted by atomic mass is 35.5. The quantitative estimate of drug-likeness (QED) is 0.448. The largest absolute Gasteiger partial charge is 0.497 e. The maximum Gasteiger partial charge on any atom is 0.217 e. The number of methoxy groups -OCH3 is 2. The highest BCUT2D eigenvalue weighted by Gasteiger charge is 2.42. The first-order chi connectivity index (χ1) is 16.1. The fourth-order valence-electron chi connectivity index (χ4n) is 4.40. The van der Waals surface area contributed by atoms with Crippen molar-refractivity contribution >= 4 is 17.3 Å². The van der Waals surface area contributed by atoms with E-state index in [1.807, 2.05) is 66.5 Å². The van der Waals surface area contributed by atoms with E-state index in [2.05, 4.69) is 6.07 Å². The molecule has 0 bridgehead atoms. The summed E-state index contributed by atoms with van der Waals surface area (Å²) in [6.07, 6.45) is 0.263. The zero-order chi connectivity index (χ0) is 22.9. The summed E-state index contributed by atoms with van der Waals surface area (Å²) < 4.78 is 23.2. The van der Waals surface area contributed by atoms with E-state index in [-0.39, 0.29) is 6.04 Å². The molecule has 2 aliphatic heterocycles. The van der Waals surface area contributed by atoms with E-state index in [9.17, 15) is 0 Å². The molecule has 33 heavy (non-hydrogen) atoms. The second-order valence-corrected chi connectivity index (χ2v) is 8.25. The lowest BCUT2D eigenvalue weighted by Gasteiger charge is -2.38. The van der Waals surface area contributed by atoms with Gasteiger partial charge < -0.3 is 18.9 Å². The second kappa shape index (κ2) is 8.87. The monoisotopic (exact) mass is 464 g/mol. The molecule has 0 spiro atoms. The average molecular weight is 465 g/mol. The molecule has 6 nitrogen and oxygen atoms in total. The Kier molecular flexibility index (Phi) is 5.77. The van der Waals surface area contributed by atoms with Crippen molar-refractivity contribution in [2.75, 3.05) is 20.8 Å². The lowest BCUT2D eigenvalue weighted by Crippen LogP contribution is -2.33. The van der Waals surface area contributed by atoms with Gasteiger partial charge in [0.2, 0.25) is 6.23 Å². The van der Waals surface area contributed by atoms with Gasteiger partial charge in [0.05, 0.1) is 43.2 Å². The second-order valence-electron chi connectivity index (χ2n) is 7.84. The fourth-order valence-corrected chi connectivity index (χ4v) is 4.63. The third kappa shape index (κ3) is 3.85. The summed E-state index contributed by atoms with van der Waals surface area (Å²) in [6, 6.07) is 19.6.